The molecule has 1 atom stereocenters. The highest BCUT2D eigenvalue weighted by Crippen LogP contribution is 2.15. The molecule has 1 unspecified atom stereocenters. The van der Waals surface area contributed by atoms with Crippen LogP contribution in [-0.4, -0.2) is 38.1 Å². The summed E-state index contributed by atoms with van der Waals surface area (Å²) in [5.74, 6) is 0.862. The molecule has 1 fully saturated rings. The van der Waals surface area contributed by atoms with Crippen molar-refractivity contribution >= 4 is 0 Å². The monoisotopic (exact) mass is 218 g/mol. The van der Waals surface area contributed by atoms with E-state index in [1.165, 1.54) is 44.6 Å². The number of hydrogen-bond acceptors (Lipinski definition) is 2. The topological polar surface area (TPSA) is 15.3 Å². The van der Waals surface area contributed by atoms with Crippen molar-refractivity contribution < 1.29 is 0 Å². The van der Waals surface area contributed by atoms with Gasteiger partial charge in [0.2, 0.25) is 0 Å². The Morgan fingerprint density at radius 2 is 2.12 bits per heavy atom. The quantitative estimate of drug-likeness (QED) is 0.810. The molecule has 0 saturated carbocycles. The summed E-state index contributed by atoms with van der Waals surface area (Å²) in [7, 11) is 2.05. The molecule has 0 amide bonds. The van der Waals surface area contributed by atoms with Gasteiger partial charge in [-0.2, -0.15) is 0 Å². The van der Waals surface area contributed by atoms with E-state index in [0.29, 0.717) is 0 Å². The molecule has 1 aliphatic heterocycles. The second-order valence-corrected chi connectivity index (χ2v) is 4.75. The fourth-order valence-corrected chi connectivity index (χ4v) is 2.50. The number of nitrogens with zero attached hydrogens (tertiary/aromatic N) is 1. The Morgan fingerprint density at radius 1 is 1.31 bits per heavy atom. The van der Waals surface area contributed by atoms with E-state index in [-0.39, 0.29) is 0 Å². The van der Waals surface area contributed by atoms with Crippen LogP contribution in [0.2, 0.25) is 0 Å². The van der Waals surface area contributed by atoms with Gasteiger partial charge in [-0.3, -0.25) is 0 Å². The van der Waals surface area contributed by atoms with Gasteiger partial charge in [0.15, 0.2) is 0 Å². The van der Waals surface area contributed by atoms with E-state index in [4.69, 9.17) is 0 Å². The predicted molar refractivity (Wildman–Crippen MR) is 68.6 cm³/mol. The largest absolute Gasteiger partial charge is 0.319 e. The average molecular weight is 218 g/mol. The number of nitrogens with one attached hydrogen (secondary N) is 1. The second kappa shape index (κ2) is 6.02. The van der Waals surface area contributed by atoms with Crippen LogP contribution >= 0.6 is 0 Å². The summed E-state index contributed by atoms with van der Waals surface area (Å²) in [6, 6.07) is 10.8. The van der Waals surface area contributed by atoms with Crippen molar-refractivity contribution in [1.82, 2.24) is 10.2 Å². The molecule has 88 valence electrons. The summed E-state index contributed by atoms with van der Waals surface area (Å²) in [6.07, 6.45) is 2.54. The van der Waals surface area contributed by atoms with Crippen molar-refractivity contribution in [1.29, 1.82) is 0 Å². The molecule has 2 rings (SSSR count). The lowest BCUT2D eigenvalue weighted by Crippen LogP contribution is -2.26. The average Bonchev–Trinajstić information content (AvgIpc) is 2.76. The normalized spacial score (nSPS) is 21.4. The maximum Gasteiger partial charge on any atom is 0.00224 e. The van der Waals surface area contributed by atoms with E-state index in [9.17, 15) is 0 Å². The molecule has 1 aromatic carbocycles. The van der Waals surface area contributed by atoms with Gasteiger partial charge in [-0.1, -0.05) is 30.3 Å². The van der Waals surface area contributed by atoms with Crippen LogP contribution in [0.4, 0.5) is 0 Å². The van der Waals surface area contributed by atoms with Gasteiger partial charge in [0.1, 0.15) is 0 Å². The minimum atomic E-state index is 0.862. The van der Waals surface area contributed by atoms with Crippen LogP contribution in [0, 0.1) is 5.92 Å². The molecule has 2 heteroatoms. The standard InChI is InChI=1S/C14H22N2/c1-15-11-14-8-10-16(12-14)9-7-13-5-3-2-4-6-13/h2-6,14-15H,7-12H2,1H3. The van der Waals surface area contributed by atoms with Gasteiger partial charge < -0.3 is 10.2 Å². The number of rotatable bonds is 5. The fourth-order valence-electron chi connectivity index (χ4n) is 2.50. The van der Waals surface area contributed by atoms with Crippen LogP contribution in [0.25, 0.3) is 0 Å². The molecule has 0 spiro atoms. The first-order valence-electron chi connectivity index (χ1n) is 6.29. The lowest BCUT2D eigenvalue weighted by molar-refractivity contribution is 0.327. The first-order chi connectivity index (χ1) is 7.88. The van der Waals surface area contributed by atoms with Gasteiger partial charge in [0.05, 0.1) is 0 Å². The molecule has 1 aromatic rings. The molecule has 0 aromatic heterocycles. The molecule has 0 radical (unpaired) electrons. The summed E-state index contributed by atoms with van der Waals surface area (Å²) in [6.45, 7) is 4.93. The van der Waals surface area contributed by atoms with Crippen molar-refractivity contribution in [3.63, 3.8) is 0 Å². The van der Waals surface area contributed by atoms with Crippen LogP contribution < -0.4 is 5.32 Å². The number of likely N-dealkylation sites (tertiary alicyclic amines) is 1. The Balaban J connectivity index is 1.72. The third-order valence-electron chi connectivity index (χ3n) is 3.42. The number of hydrogen-bond donors (Lipinski definition) is 1. The third kappa shape index (κ3) is 3.32. The highest BCUT2D eigenvalue weighted by atomic mass is 15.1. The zero-order chi connectivity index (χ0) is 11.2. The molecule has 2 nitrogen and oxygen atoms in total. The van der Waals surface area contributed by atoms with Gasteiger partial charge >= 0.3 is 0 Å². The van der Waals surface area contributed by atoms with Crippen LogP contribution in [0.5, 0.6) is 0 Å². The van der Waals surface area contributed by atoms with E-state index in [1.807, 2.05) is 7.05 Å². The Hall–Kier alpha value is -0.860. The molecule has 16 heavy (non-hydrogen) atoms. The van der Waals surface area contributed by atoms with Crippen molar-refractivity contribution in [3.8, 4) is 0 Å². The lowest BCUT2D eigenvalue weighted by Gasteiger charge is -2.15. The fraction of sp³-hybridized carbons (Fsp3) is 0.571. The van der Waals surface area contributed by atoms with Crippen molar-refractivity contribution in [2.75, 3.05) is 33.2 Å². The third-order valence-corrected chi connectivity index (χ3v) is 3.42. The molecule has 0 bridgehead atoms. The highest BCUT2D eigenvalue weighted by Gasteiger charge is 2.20. The van der Waals surface area contributed by atoms with Crippen LogP contribution in [0.3, 0.4) is 0 Å². The van der Waals surface area contributed by atoms with Crippen molar-refractivity contribution in [2.24, 2.45) is 5.92 Å². The van der Waals surface area contributed by atoms with E-state index < -0.39 is 0 Å². The summed E-state index contributed by atoms with van der Waals surface area (Å²) < 4.78 is 0. The lowest BCUT2D eigenvalue weighted by atomic mass is 10.1. The maximum atomic E-state index is 3.28. The van der Waals surface area contributed by atoms with Gasteiger partial charge in [-0.25, -0.2) is 0 Å². The van der Waals surface area contributed by atoms with Crippen molar-refractivity contribution in [3.05, 3.63) is 35.9 Å². The minimum Gasteiger partial charge on any atom is -0.319 e. The van der Waals surface area contributed by atoms with Gasteiger partial charge in [0, 0.05) is 13.1 Å². The van der Waals surface area contributed by atoms with Gasteiger partial charge in [-0.05, 0) is 44.5 Å². The predicted octanol–water partition coefficient (Wildman–Crippen LogP) is 1.77. The smallest absolute Gasteiger partial charge is 0.00224 e. The van der Waals surface area contributed by atoms with E-state index in [1.54, 1.807) is 0 Å². The highest BCUT2D eigenvalue weighted by molar-refractivity contribution is 5.14. The summed E-state index contributed by atoms with van der Waals surface area (Å²) in [5.41, 5.74) is 1.46. The van der Waals surface area contributed by atoms with E-state index in [0.717, 1.165) is 5.92 Å². The van der Waals surface area contributed by atoms with Crippen molar-refractivity contribution in [2.45, 2.75) is 12.8 Å². The number of benzene rings is 1. The Bertz CT molecular complexity index is 297. The first-order valence-corrected chi connectivity index (χ1v) is 6.29. The molecular weight excluding hydrogens is 196 g/mol. The first kappa shape index (κ1) is 11.6. The molecule has 1 N–H and O–H groups in total. The molecule has 1 heterocycles. The van der Waals surface area contributed by atoms with Gasteiger partial charge in [-0.15, -0.1) is 0 Å². The van der Waals surface area contributed by atoms with Crippen LogP contribution in [0.15, 0.2) is 30.3 Å². The molecule has 1 aliphatic rings. The molecular formula is C14H22N2. The van der Waals surface area contributed by atoms with Crippen LogP contribution in [-0.2, 0) is 6.42 Å². The van der Waals surface area contributed by atoms with E-state index in [2.05, 4.69) is 40.5 Å². The van der Waals surface area contributed by atoms with Gasteiger partial charge in [0.25, 0.3) is 0 Å². The summed E-state index contributed by atoms with van der Waals surface area (Å²) in [5, 5.41) is 3.28. The SMILES string of the molecule is CNCC1CCN(CCc2ccccc2)C1. The minimum absolute atomic E-state index is 0.862. The van der Waals surface area contributed by atoms with E-state index >= 15 is 0 Å². The maximum absolute atomic E-state index is 3.28. The zero-order valence-corrected chi connectivity index (χ0v) is 10.2. The Morgan fingerprint density at radius 3 is 2.88 bits per heavy atom. The summed E-state index contributed by atoms with van der Waals surface area (Å²) in [4.78, 5) is 2.59. The van der Waals surface area contributed by atoms with Crippen LogP contribution in [0.1, 0.15) is 12.0 Å². The molecule has 0 aliphatic carbocycles. The Kier molecular flexibility index (Phi) is 4.37. The zero-order valence-electron chi connectivity index (χ0n) is 10.2. The summed E-state index contributed by atoms with van der Waals surface area (Å²) >= 11 is 0. The molecule has 1 saturated heterocycles. The Labute approximate surface area is 98.7 Å². The second-order valence-electron chi connectivity index (χ2n) is 4.75.